The van der Waals surface area contributed by atoms with Crippen molar-refractivity contribution in [1.82, 2.24) is 9.88 Å². The smallest absolute Gasteiger partial charge is 0.410 e. The van der Waals surface area contributed by atoms with E-state index in [0.717, 1.165) is 18.4 Å². The van der Waals surface area contributed by atoms with Gasteiger partial charge in [-0.1, -0.05) is 12.7 Å². The quantitative estimate of drug-likeness (QED) is 0.854. The average Bonchev–Trinajstić information content (AvgIpc) is 2.92. The summed E-state index contributed by atoms with van der Waals surface area (Å²) in [6, 6.07) is 1.93. The van der Waals surface area contributed by atoms with Gasteiger partial charge >= 0.3 is 6.09 Å². The fourth-order valence-corrected chi connectivity index (χ4v) is 2.39. The van der Waals surface area contributed by atoms with Crippen LogP contribution in [0, 0.1) is 0 Å². The lowest BCUT2D eigenvalue weighted by atomic mass is 10.2. The van der Waals surface area contributed by atoms with Gasteiger partial charge in [-0.2, -0.15) is 0 Å². The molecule has 0 aliphatic carbocycles. The monoisotopic (exact) mass is 304 g/mol. The molecule has 0 spiro atoms. The number of carbonyl (C=O) groups excluding carboxylic acids is 1. The molecule has 1 aliphatic rings. The number of pyridine rings is 1. The fraction of sp³-hybridized carbons (Fsp3) is 0.529. The number of carbonyl (C=O) groups is 1. The maximum atomic E-state index is 12.2. The Morgan fingerprint density at radius 1 is 1.50 bits per heavy atom. The maximum absolute atomic E-state index is 12.2. The van der Waals surface area contributed by atoms with Crippen LogP contribution in [0.15, 0.2) is 25.0 Å². The third kappa shape index (κ3) is 4.48. The summed E-state index contributed by atoms with van der Waals surface area (Å²) in [6.45, 7) is 10.5. The van der Waals surface area contributed by atoms with Gasteiger partial charge in [0.2, 0.25) is 0 Å². The van der Waals surface area contributed by atoms with Gasteiger partial charge in [0.15, 0.2) is 0 Å². The van der Waals surface area contributed by atoms with E-state index in [2.05, 4.69) is 11.6 Å². The highest BCUT2D eigenvalue weighted by molar-refractivity contribution is 5.69. The average molecular weight is 304 g/mol. The zero-order valence-corrected chi connectivity index (χ0v) is 13.5. The van der Waals surface area contributed by atoms with Gasteiger partial charge in [-0.15, -0.1) is 0 Å². The minimum Gasteiger partial charge on any atom is -0.490 e. The zero-order valence-electron chi connectivity index (χ0n) is 13.5. The molecule has 2 heterocycles. The number of ether oxygens (including phenoxy) is 2. The highest BCUT2D eigenvalue weighted by Gasteiger charge is 2.32. The van der Waals surface area contributed by atoms with Crippen molar-refractivity contribution in [3.63, 3.8) is 0 Å². The van der Waals surface area contributed by atoms with Crippen molar-refractivity contribution < 1.29 is 14.3 Å². The number of rotatable bonds is 4. The van der Waals surface area contributed by atoms with Gasteiger partial charge in [0, 0.05) is 12.7 Å². The summed E-state index contributed by atoms with van der Waals surface area (Å²) in [5.41, 5.74) is 0.431. The molecule has 1 fully saturated rings. The SMILES string of the molecule is C=Cc1cncc(OC[C@@H]2CCCN2C(=O)OC(C)(C)C)c1. The van der Waals surface area contributed by atoms with Gasteiger partial charge in [0.05, 0.1) is 12.2 Å². The minimum absolute atomic E-state index is 0.0437. The Bertz CT molecular complexity index is 537. The van der Waals surface area contributed by atoms with Crippen molar-refractivity contribution in [1.29, 1.82) is 0 Å². The fourth-order valence-electron chi connectivity index (χ4n) is 2.39. The molecule has 1 aromatic heterocycles. The van der Waals surface area contributed by atoms with E-state index in [-0.39, 0.29) is 12.1 Å². The van der Waals surface area contributed by atoms with Crippen molar-refractivity contribution in [3.8, 4) is 5.75 Å². The first kappa shape index (κ1) is 16.3. The van der Waals surface area contributed by atoms with Gasteiger partial charge in [-0.3, -0.25) is 4.98 Å². The Morgan fingerprint density at radius 2 is 2.27 bits per heavy atom. The molecular weight excluding hydrogens is 280 g/mol. The van der Waals surface area contributed by atoms with Crippen molar-refractivity contribution in [2.75, 3.05) is 13.2 Å². The summed E-state index contributed by atoms with van der Waals surface area (Å²) < 4.78 is 11.2. The van der Waals surface area contributed by atoms with Crippen LogP contribution in [0.25, 0.3) is 6.08 Å². The summed E-state index contributed by atoms with van der Waals surface area (Å²) in [5.74, 6) is 0.688. The number of hydrogen-bond donors (Lipinski definition) is 0. The van der Waals surface area contributed by atoms with Crippen LogP contribution in [0.3, 0.4) is 0 Å². The molecule has 1 amide bonds. The van der Waals surface area contributed by atoms with E-state index in [4.69, 9.17) is 9.47 Å². The second-order valence-electron chi connectivity index (χ2n) is 6.44. The third-order valence-corrected chi connectivity index (χ3v) is 3.42. The number of nitrogens with zero attached hydrogens (tertiary/aromatic N) is 2. The van der Waals surface area contributed by atoms with Crippen LogP contribution in [-0.4, -0.2) is 40.8 Å². The van der Waals surface area contributed by atoms with Crippen molar-refractivity contribution in [2.24, 2.45) is 0 Å². The Hall–Kier alpha value is -2.04. The summed E-state index contributed by atoms with van der Waals surface area (Å²) in [5, 5.41) is 0. The first-order valence-electron chi connectivity index (χ1n) is 7.59. The standard InChI is InChI=1S/C17H24N2O3/c1-5-13-9-15(11-18-10-13)21-12-14-7-6-8-19(14)16(20)22-17(2,3)4/h5,9-11,14H,1,6-8,12H2,2-4H3/t14-/m0/s1. The van der Waals surface area contributed by atoms with Gasteiger partial charge in [0.1, 0.15) is 18.0 Å². The molecule has 5 heteroatoms. The van der Waals surface area contributed by atoms with Crippen LogP contribution in [-0.2, 0) is 4.74 Å². The van der Waals surface area contributed by atoms with E-state index in [1.807, 2.05) is 26.8 Å². The van der Waals surface area contributed by atoms with Crippen molar-refractivity contribution >= 4 is 12.2 Å². The van der Waals surface area contributed by atoms with E-state index in [0.29, 0.717) is 18.9 Å². The first-order valence-corrected chi connectivity index (χ1v) is 7.59. The lowest BCUT2D eigenvalue weighted by Crippen LogP contribution is -2.42. The Labute approximate surface area is 131 Å². The number of amides is 1. The second kappa shape index (κ2) is 6.81. The van der Waals surface area contributed by atoms with Crippen LogP contribution in [0.1, 0.15) is 39.2 Å². The second-order valence-corrected chi connectivity index (χ2v) is 6.44. The van der Waals surface area contributed by atoms with Crippen molar-refractivity contribution in [2.45, 2.75) is 45.3 Å². The van der Waals surface area contributed by atoms with Gasteiger partial charge < -0.3 is 14.4 Å². The molecule has 1 aliphatic heterocycles. The first-order chi connectivity index (χ1) is 10.4. The number of likely N-dealkylation sites (tertiary alicyclic amines) is 1. The highest BCUT2D eigenvalue weighted by Crippen LogP contribution is 2.22. The predicted molar refractivity (Wildman–Crippen MR) is 85.8 cm³/mol. The van der Waals surface area contributed by atoms with E-state index in [1.54, 1.807) is 23.4 Å². The molecule has 0 N–H and O–H groups in total. The van der Waals surface area contributed by atoms with Crippen LogP contribution in [0.5, 0.6) is 5.75 Å². The van der Waals surface area contributed by atoms with Crippen LogP contribution in [0.4, 0.5) is 4.79 Å². The molecule has 0 saturated carbocycles. The topological polar surface area (TPSA) is 51.7 Å². The van der Waals surface area contributed by atoms with E-state index in [9.17, 15) is 4.79 Å². The minimum atomic E-state index is -0.479. The molecule has 1 saturated heterocycles. The summed E-state index contributed by atoms with van der Waals surface area (Å²) in [6.07, 6.45) is 6.74. The highest BCUT2D eigenvalue weighted by atomic mass is 16.6. The molecule has 2 rings (SSSR count). The lowest BCUT2D eigenvalue weighted by molar-refractivity contribution is 0.0187. The Kier molecular flexibility index (Phi) is 5.06. The third-order valence-electron chi connectivity index (χ3n) is 3.42. The lowest BCUT2D eigenvalue weighted by Gasteiger charge is -2.28. The summed E-state index contributed by atoms with van der Waals surface area (Å²) in [7, 11) is 0. The number of hydrogen-bond acceptors (Lipinski definition) is 4. The van der Waals surface area contributed by atoms with Crippen molar-refractivity contribution in [3.05, 3.63) is 30.6 Å². The molecule has 1 atom stereocenters. The molecule has 0 unspecified atom stereocenters. The molecule has 0 aromatic carbocycles. The van der Waals surface area contributed by atoms with Crippen LogP contribution < -0.4 is 4.74 Å². The zero-order chi connectivity index (χ0) is 16.2. The van der Waals surface area contributed by atoms with E-state index >= 15 is 0 Å². The molecule has 0 radical (unpaired) electrons. The molecule has 0 bridgehead atoms. The molecule has 120 valence electrons. The Balaban J connectivity index is 1.93. The molecular formula is C17H24N2O3. The van der Waals surface area contributed by atoms with Gasteiger partial charge in [-0.25, -0.2) is 4.79 Å². The normalized spacial score (nSPS) is 18.1. The van der Waals surface area contributed by atoms with Gasteiger partial charge in [-0.05, 0) is 45.2 Å². The summed E-state index contributed by atoms with van der Waals surface area (Å²) in [4.78, 5) is 18.1. The molecule has 22 heavy (non-hydrogen) atoms. The van der Waals surface area contributed by atoms with Crippen LogP contribution in [0.2, 0.25) is 0 Å². The van der Waals surface area contributed by atoms with E-state index in [1.165, 1.54) is 0 Å². The van der Waals surface area contributed by atoms with Gasteiger partial charge in [0.25, 0.3) is 0 Å². The molecule has 1 aromatic rings. The molecule has 5 nitrogen and oxygen atoms in total. The largest absolute Gasteiger partial charge is 0.490 e. The summed E-state index contributed by atoms with van der Waals surface area (Å²) >= 11 is 0. The van der Waals surface area contributed by atoms with E-state index < -0.39 is 5.60 Å². The predicted octanol–water partition coefficient (Wildman–Crippen LogP) is 3.50. The Morgan fingerprint density at radius 3 is 2.95 bits per heavy atom. The maximum Gasteiger partial charge on any atom is 0.410 e. The van der Waals surface area contributed by atoms with Crippen LogP contribution >= 0.6 is 0 Å². The number of aromatic nitrogens is 1.